The molecule has 0 saturated carbocycles. The van der Waals surface area contributed by atoms with Crippen LogP contribution in [0.5, 0.6) is 5.75 Å². The Morgan fingerprint density at radius 3 is 2.79 bits per heavy atom. The van der Waals surface area contributed by atoms with Crippen LogP contribution < -0.4 is 4.74 Å². The highest BCUT2D eigenvalue weighted by Crippen LogP contribution is 2.16. The van der Waals surface area contributed by atoms with Gasteiger partial charge in [-0.3, -0.25) is 0 Å². The standard InChI is InChI=1S/C10H11FO3/c1-7-4-8(10(12)13)6-9(5-7)14-3-2-11/h4-6H,2-3H2,1H3,(H,12,13). The number of halogens is 1. The van der Waals surface area contributed by atoms with E-state index in [-0.39, 0.29) is 12.2 Å². The summed E-state index contributed by atoms with van der Waals surface area (Å²) in [7, 11) is 0. The molecule has 0 unspecified atom stereocenters. The van der Waals surface area contributed by atoms with E-state index < -0.39 is 12.6 Å². The highest BCUT2D eigenvalue weighted by molar-refractivity contribution is 5.88. The Bertz CT molecular complexity index is 336. The summed E-state index contributed by atoms with van der Waals surface area (Å²) >= 11 is 0. The van der Waals surface area contributed by atoms with Gasteiger partial charge in [-0.2, -0.15) is 0 Å². The van der Waals surface area contributed by atoms with Crippen molar-refractivity contribution < 1.29 is 19.0 Å². The minimum absolute atomic E-state index is 0.0531. The molecular weight excluding hydrogens is 187 g/mol. The lowest BCUT2D eigenvalue weighted by Crippen LogP contribution is -2.02. The van der Waals surface area contributed by atoms with E-state index in [0.29, 0.717) is 5.75 Å². The summed E-state index contributed by atoms with van der Waals surface area (Å²) in [4.78, 5) is 10.6. The van der Waals surface area contributed by atoms with Crippen molar-refractivity contribution in [3.8, 4) is 5.75 Å². The number of carboxylic acids is 1. The molecule has 0 atom stereocenters. The van der Waals surface area contributed by atoms with Crippen molar-refractivity contribution in [3.63, 3.8) is 0 Å². The fraction of sp³-hybridized carbons (Fsp3) is 0.300. The smallest absolute Gasteiger partial charge is 0.335 e. The van der Waals surface area contributed by atoms with Gasteiger partial charge in [-0.25, -0.2) is 9.18 Å². The van der Waals surface area contributed by atoms with Crippen LogP contribution in [0.1, 0.15) is 15.9 Å². The topological polar surface area (TPSA) is 46.5 Å². The molecule has 0 aliphatic heterocycles. The van der Waals surface area contributed by atoms with E-state index in [2.05, 4.69) is 0 Å². The van der Waals surface area contributed by atoms with Crippen LogP contribution in [0.4, 0.5) is 4.39 Å². The van der Waals surface area contributed by atoms with E-state index in [4.69, 9.17) is 9.84 Å². The summed E-state index contributed by atoms with van der Waals surface area (Å²) in [6.07, 6.45) is 0. The predicted molar refractivity (Wildman–Crippen MR) is 49.6 cm³/mol. The molecule has 0 amide bonds. The first-order chi connectivity index (χ1) is 6.63. The minimum Gasteiger partial charge on any atom is -0.491 e. The monoisotopic (exact) mass is 198 g/mol. The largest absolute Gasteiger partial charge is 0.491 e. The zero-order valence-electron chi connectivity index (χ0n) is 7.79. The quantitative estimate of drug-likeness (QED) is 0.805. The number of ether oxygens (including phenoxy) is 1. The van der Waals surface area contributed by atoms with Crippen LogP contribution in [-0.4, -0.2) is 24.4 Å². The molecular formula is C10H11FO3. The number of alkyl halides is 1. The van der Waals surface area contributed by atoms with E-state index in [0.717, 1.165) is 5.56 Å². The van der Waals surface area contributed by atoms with Crippen LogP contribution in [0.2, 0.25) is 0 Å². The molecule has 76 valence electrons. The van der Waals surface area contributed by atoms with Gasteiger partial charge in [-0.1, -0.05) is 0 Å². The number of aromatic carboxylic acids is 1. The van der Waals surface area contributed by atoms with Gasteiger partial charge in [0.25, 0.3) is 0 Å². The molecule has 3 nitrogen and oxygen atoms in total. The van der Waals surface area contributed by atoms with Gasteiger partial charge in [-0.15, -0.1) is 0 Å². The van der Waals surface area contributed by atoms with Gasteiger partial charge in [0.2, 0.25) is 0 Å². The Morgan fingerprint density at radius 2 is 2.21 bits per heavy atom. The first kappa shape index (κ1) is 10.5. The predicted octanol–water partition coefficient (Wildman–Crippen LogP) is 2.04. The van der Waals surface area contributed by atoms with Gasteiger partial charge < -0.3 is 9.84 Å². The number of hydrogen-bond donors (Lipinski definition) is 1. The summed E-state index contributed by atoms with van der Waals surface area (Å²) in [5.74, 6) is -0.626. The average molecular weight is 198 g/mol. The van der Waals surface area contributed by atoms with Crippen LogP contribution in [-0.2, 0) is 0 Å². The maximum absolute atomic E-state index is 11.8. The van der Waals surface area contributed by atoms with Crippen molar-refractivity contribution in [1.82, 2.24) is 0 Å². The molecule has 0 aliphatic carbocycles. The minimum atomic E-state index is -1.02. The van der Waals surface area contributed by atoms with Crippen molar-refractivity contribution in [1.29, 1.82) is 0 Å². The third kappa shape index (κ3) is 2.73. The number of carboxylic acid groups (broad SMARTS) is 1. The first-order valence-corrected chi connectivity index (χ1v) is 4.17. The summed E-state index contributed by atoms with van der Waals surface area (Å²) in [6.45, 7) is 1.12. The van der Waals surface area contributed by atoms with Crippen molar-refractivity contribution >= 4 is 5.97 Å². The highest BCUT2D eigenvalue weighted by Gasteiger charge is 2.05. The Balaban J connectivity index is 2.89. The second-order valence-electron chi connectivity index (χ2n) is 2.88. The van der Waals surface area contributed by atoms with Gasteiger partial charge in [0.15, 0.2) is 0 Å². The summed E-state index contributed by atoms with van der Waals surface area (Å²) in [6, 6.07) is 4.58. The molecule has 0 aromatic heterocycles. The van der Waals surface area contributed by atoms with Crippen LogP contribution in [0.25, 0.3) is 0 Å². The molecule has 0 heterocycles. The lowest BCUT2D eigenvalue weighted by molar-refractivity contribution is 0.0696. The fourth-order valence-electron chi connectivity index (χ4n) is 1.11. The molecule has 0 saturated heterocycles. The van der Waals surface area contributed by atoms with Crippen molar-refractivity contribution in [2.75, 3.05) is 13.3 Å². The van der Waals surface area contributed by atoms with E-state index in [1.54, 1.807) is 13.0 Å². The molecule has 1 rings (SSSR count). The molecule has 0 aliphatic rings. The third-order valence-electron chi connectivity index (χ3n) is 1.64. The van der Waals surface area contributed by atoms with Crippen molar-refractivity contribution in [2.24, 2.45) is 0 Å². The average Bonchev–Trinajstić information content (AvgIpc) is 2.14. The maximum Gasteiger partial charge on any atom is 0.335 e. The van der Waals surface area contributed by atoms with Gasteiger partial charge in [-0.05, 0) is 30.7 Å². The lowest BCUT2D eigenvalue weighted by Gasteiger charge is -2.05. The number of rotatable bonds is 4. The molecule has 0 radical (unpaired) electrons. The normalized spacial score (nSPS) is 9.86. The number of hydrogen-bond acceptors (Lipinski definition) is 2. The Labute approximate surface area is 81.1 Å². The Kier molecular flexibility index (Phi) is 3.45. The molecule has 0 bridgehead atoms. The molecule has 1 aromatic rings. The van der Waals surface area contributed by atoms with E-state index in [1.807, 2.05) is 0 Å². The van der Waals surface area contributed by atoms with Crippen molar-refractivity contribution in [2.45, 2.75) is 6.92 Å². The van der Waals surface area contributed by atoms with Crippen molar-refractivity contribution in [3.05, 3.63) is 29.3 Å². The number of benzene rings is 1. The lowest BCUT2D eigenvalue weighted by atomic mass is 10.1. The highest BCUT2D eigenvalue weighted by atomic mass is 19.1. The molecule has 4 heteroatoms. The van der Waals surface area contributed by atoms with Gasteiger partial charge >= 0.3 is 5.97 Å². The van der Waals surface area contributed by atoms with Gasteiger partial charge in [0.1, 0.15) is 19.0 Å². The second-order valence-corrected chi connectivity index (χ2v) is 2.88. The SMILES string of the molecule is Cc1cc(OCCF)cc(C(=O)O)c1. The first-order valence-electron chi connectivity index (χ1n) is 4.17. The molecule has 1 aromatic carbocycles. The van der Waals surface area contributed by atoms with Gasteiger partial charge in [0, 0.05) is 0 Å². The Hall–Kier alpha value is -1.58. The van der Waals surface area contributed by atoms with E-state index in [1.165, 1.54) is 12.1 Å². The van der Waals surface area contributed by atoms with E-state index in [9.17, 15) is 9.18 Å². The van der Waals surface area contributed by atoms with Crippen LogP contribution in [0, 0.1) is 6.92 Å². The molecule has 0 fully saturated rings. The van der Waals surface area contributed by atoms with Gasteiger partial charge in [0.05, 0.1) is 5.56 Å². The number of aryl methyl sites for hydroxylation is 1. The summed E-state index contributed by atoms with van der Waals surface area (Å²) < 4.78 is 16.8. The second kappa shape index (κ2) is 4.60. The third-order valence-corrected chi connectivity index (χ3v) is 1.64. The molecule has 1 N–H and O–H groups in total. The fourth-order valence-corrected chi connectivity index (χ4v) is 1.11. The van der Waals surface area contributed by atoms with Crippen LogP contribution in [0.3, 0.4) is 0 Å². The maximum atomic E-state index is 11.8. The zero-order valence-corrected chi connectivity index (χ0v) is 7.79. The van der Waals surface area contributed by atoms with Crippen LogP contribution >= 0.6 is 0 Å². The van der Waals surface area contributed by atoms with Crippen LogP contribution in [0.15, 0.2) is 18.2 Å². The molecule has 14 heavy (non-hydrogen) atoms. The molecule has 0 spiro atoms. The summed E-state index contributed by atoms with van der Waals surface area (Å²) in [5.41, 5.74) is 0.928. The number of carbonyl (C=O) groups is 1. The zero-order chi connectivity index (χ0) is 10.6. The summed E-state index contributed by atoms with van der Waals surface area (Å²) in [5, 5.41) is 8.73. The van der Waals surface area contributed by atoms with E-state index >= 15 is 0 Å². The Morgan fingerprint density at radius 1 is 1.50 bits per heavy atom.